The van der Waals surface area contributed by atoms with Crippen molar-refractivity contribution in [2.45, 2.75) is 0 Å². The van der Waals surface area contributed by atoms with Crippen LogP contribution in [-0.4, -0.2) is 25.2 Å². The van der Waals surface area contributed by atoms with Crippen molar-refractivity contribution in [2.24, 2.45) is 0 Å². The summed E-state index contributed by atoms with van der Waals surface area (Å²) in [5.74, 6) is -1.34. The van der Waals surface area contributed by atoms with E-state index in [0.717, 1.165) is 12.3 Å². The van der Waals surface area contributed by atoms with Crippen LogP contribution in [0.1, 0.15) is 0 Å². The lowest BCUT2D eigenvalue weighted by Gasteiger charge is -2.04. The fourth-order valence-electron chi connectivity index (χ4n) is 0.816. The van der Waals surface area contributed by atoms with Crippen LogP contribution in [0.25, 0.3) is 0 Å². The molecule has 13 heavy (non-hydrogen) atoms. The normalized spacial score (nSPS) is 10.1. The van der Waals surface area contributed by atoms with Crippen LogP contribution in [0.5, 0.6) is 0 Å². The van der Waals surface area contributed by atoms with Crippen LogP contribution in [0.4, 0.5) is 14.6 Å². The molecule has 0 aliphatic heterocycles. The maximum absolute atomic E-state index is 12.9. The van der Waals surface area contributed by atoms with Gasteiger partial charge in [-0.3, -0.25) is 0 Å². The molecule has 0 saturated heterocycles. The number of rotatable bonds is 4. The third kappa shape index (κ3) is 2.95. The molecular weight excluding hydrogens is 178 g/mol. The summed E-state index contributed by atoms with van der Waals surface area (Å²) >= 11 is 0. The van der Waals surface area contributed by atoms with E-state index in [9.17, 15) is 8.78 Å². The highest BCUT2D eigenvalue weighted by Gasteiger charge is 2.03. The Morgan fingerprint density at radius 1 is 1.54 bits per heavy atom. The summed E-state index contributed by atoms with van der Waals surface area (Å²) in [5, 5.41) is 2.66. The Bertz CT molecular complexity index is 281. The summed E-state index contributed by atoms with van der Waals surface area (Å²) in [4.78, 5) is 3.53. The van der Waals surface area contributed by atoms with E-state index < -0.39 is 11.6 Å². The minimum atomic E-state index is -0.698. The van der Waals surface area contributed by atoms with Crippen molar-refractivity contribution in [2.75, 3.05) is 25.6 Å². The Balaban J connectivity index is 2.56. The standard InChI is InChI=1S/C8H10F2N2O/c1-13-3-2-11-8-7(10)4-6(9)5-12-8/h4-5H,2-3H2,1H3,(H,11,12). The van der Waals surface area contributed by atoms with Crippen LogP contribution in [0, 0.1) is 11.6 Å². The van der Waals surface area contributed by atoms with Crippen molar-refractivity contribution in [3.8, 4) is 0 Å². The minimum absolute atomic E-state index is 0.0402. The first-order valence-corrected chi connectivity index (χ1v) is 3.78. The van der Waals surface area contributed by atoms with Gasteiger partial charge in [0, 0.05) is 19.7 Å². The first-order valence-electron chi connectivity index (χ1n) is 3.78. The Labute approximate surface area is 74.7 Å². The molecule has 1 aromatic heterocycles. The fraction of sp³-hybridized carbons (Fsp3) is 0.375. The molecule has 0 spiro atoms. The van der Waals surface area contributed by atoms with Crippen LogP contribution in [0.3, 0.4) is 0 Å². The van der Waals surface area contributed by atoms with Gasteiger partial charge < -0.3 is 10.1 Å². The predicted molar refractivity (Wildman–Crippen MR) is 44.5 cm³/mol. The Hall–Kier alpha value is -1.23. The Morgan fingerprint density at radius 3 is 2.92 bits per heavy atom. The Kier molecular flexibility index (Phi) is 3.57. The topological polar surface area (TPSA) is 34.1 Å². The number of ether oxygens (including phenoxy) is 1. The van der Waals surface area contributed by atoms with Crippen molar-refractivity contribution >= 4 is 5.82 Å². The second-order valence-electron chi connectivity index (χ2n) is 2.40. The number of nitrogens with one attached hydrogen (secondary N) is 1. The predicted octanol–water partition coefficient (Wildman–Crippen LogP) is 1.42. The number of methoxy groups -OCH3 is 1. The molecule has 0 atom stereocenters. The minimum Gasteiger partial charge on any atom is -0.383 e. The van der Waals surface area contributed by atoms with Crippen molar-refractivity contribution in [3.05, 3.63) is 23.9 Å². The van der Waals surface area contributed by atoms with E-state index >= 15 is 0 Å². The zero-order valence-electron chi connectivity index (χ0n) is 7.18. The molecule has 3 nitrogen and oxygen atoms in total. The zero-order chi connectivity index (χ0) is 9.68. The van der Waals surface area contributed by atoms with Gasteiger partial charge in [0.2, 0.25) is 0 Å². The van der Waals surface area contributed by atoms with E-state index in [0.29, 0.717) is 13.2 Å². The smallest absolute Gasteiger partial charge is 0.168 e. The highest BCUT2D eigenvalue weighted by molar-refractivity contribution is 5.35. The average molecular weight is 188 g/mol. The highest BCUT2D eigenvalue weighted by atomic mass is 19.1. The number of hydrogen-bond acceptors (Lipinski definition) is 3. The van der Waals surface area contributed by atoms with Gasteiger partial charge in [-0.2, -0.15) is 0 Å². The van der Waals surface area contributed by atoms with E-state index in [-0.39, 0.29) is 5.82 Å². The van der Waals surface area contributed by atoms with E-state index in [1.54, 1.807) is 0 Å². The molecule has 0 fully saturated rings. The molecule has 0 aromatic carbocycles. The van der Waals surface area contributed by atoms with Crippen LogP contribution < -0.4 is 5.32 Å². The molecule has 1 aromatic rings. The lowest BCUT2D eigenvalue weighted by atomic mass is 10.4. The van der Waals surface area contributed by atoms with Crippen molar-refractivity contribution in [3.63, 3.8) is 0 Å². The molecule has 0 saturated carbocycles. The molecule has 72 valence electrons. The second-order valence-corrected chi connectivity index (χ2v) is 2.40. The summed E-state index contributed by atoms with van der Waals surface area (Å²) in [7, 11) is 1.54. The quantitative estimate of drug-likeness (QED) is 0.725. The largest absolute Gasteiger partial charge is 0.383 e. The first-order chi connectivity index (χ1) is 6.24. The monoisotopic (exact) mass is 188 g/mol. The van der Waals surface area contributed by atoms with Gasteiger partial charge in [0.1, 0.15) is 5.82 Å². The van der Waals surface area contributed by atoms with Gasteiger partial charge in [0.05, 0.1) is 12.8 Å². The number of halogens is 2. The van der Waals surface area contributed by atoms with Crippen molar-refractivity contribution in [1.82, 2.24) is 4.98 Å². The number of aromatic nitrogens is 1. The number of nitrogens with zero attached hydrogens (tertiary/aromatic N) is 1. The third-order valence-corrected chi connectivity index (χ3v) is 1.41. The number of anilines is 1. The van der Waals surface area contributed by atoms with Crippen molar-refractivity contribution in [1.29, 1.82) is 0 Å². The van der Waals surface area contributed by atoms with Crippen LogP contribution >= 0.6 is 0 Å². The molecule has 0 unspecified atom stereocenters. The molecule has 5 heteroatoms. The number of hydrogen-bond donors (Lipinski definition) is 1. The lowest BCUT2D eigenvalue weighted by Crippen LogP contribution is -2.10. The Morgan fingerprint density at radius 2 is 2.31 bits per heavy atom. The zero-order valence-corrected chi connectivity index (χ0v) is 7.18. The van der Waals surface area contributed by atoms with Gasteiger partial charge in [-0.15, -0.1) is 0 Å². The summed E-state index contributed by atoms with van der Waals surface area (Å²) in [5.41, 5.74) is 0. The van der Waals surface area contributed by atoms with Gasteiger partial charge in [0.15, 0.2) is 11.6 Å². The summed E-state index contributed by atoms with van der Waals surface area (Å²) in [6.07, 6.45) is 0.957. The highest BCUT2D eigenvalue weighted by Crippen LogP contribution is 2.10. The molecule has 0 aliphatic carbocycles. The summed E-state index contributed by atoms with van der Waals surface area (Å²) in [6.45, 7) is 0.880. The maximum atomic E-state index is 12.9. The maximum Gasteiger partial charge on any atom is 0.168 e. The van der Waals surface area contributed by atoms with Crippen LogP contribution in [0.15, 0.2) is 12.3 Å². The molecule has 0 bridgehead atoms. The van der Waals surface area contributed by atoms with Gasteiger partial charge in [-0.25, -0.2) is 13.8 Å². The molecule has 0 aliphatic rings. The lowest BCUT2D eigenvalue weighted by molar-refractivity contribution is 0.210. The first kappa shape index (κ1) is 9.85. The molecule has 1 heterocycles. The average Bonchev–Trinajstić information content (AvgIpc) is 2.09. The third-order valence-electron chi connectivity index (χ3n) is 1.41. The van der Waals surface area contributed by atoms with Gasteiger partial charge in [-0.05, 0) is 0 Å². The van der Waals surface area contributed by atoms with E-state index in [1.807, 2.05) is 0 Å². The molecule has 1 rings (SSSR count). The number of pyridine rings is 1. The van der Waals surface area contributed by atoms with Crippen LogP contribution in [-0.2, 0) is 4.74 Å². The van der Waals surface area contributed by atoms with E-state index in [1.165, 1.54) is 7.11 Å². The van der Waals surface area contributed by atoms with Gasteiger partial charge >= 0.3 is 0 Å². The summed E-state index contributed by atoms with van der Waals surface area (Å²) in [6, 6.07) is 0.780. The molecular formula is C8H10F2N2O. The van der Waals surface area contributed by atoms with Crippen LogP contribution in [0.2, 0.25) is 0 Å². The van der Waals surface area contributed by atoms with Gasteiger partial charge in [-0.1, -0.05) is 0 Å². The van der Waals surface area contributed by atoms with E-state index in [2.05, 4.69) is 10.3 Å². The molecule has 0 amide bonds. The van der Waals surface area contributed by atoms with E-state index in [4.69, 9.17) is 4.74 Å². The molecule has 1 N–H and O–H groups in total. The summed E-state index contributed by atoms with van der Waals surface area (Å²) < 4.78 is 30.0. The van der Waals surface area contributed by atoms with Crippen molar-refractivity contribution < 1.29 is 13.5 Å². The fourth-order valence-corrected chi connectivity index (χ4v) is 0.816. The molecule has 0 radical (unpaired) electrons. The SMILES string of the molecule is COCCNc1ncc(F)cc1F. The van der Waals surface area contributed by atoms with Gasteiger partial charge in [0.25, 0.3) is 0 Å². The second kappa shape index (κ2) is 4.71.